The smallest absolute Gasteiger partial charge is 0.138 e. The van der Waals surface area contributed by atoms with Gasteiger partial charge in [-0.2, -0.15) is 0 Å². The van der Waals surface area contributed by atoms with E-state index in [-0.39, 0.29) is 23.7 Å². The zero-order chi connectivity index (χ0) is 13.0. The van der Waals surface area contributed by atoms with Crippen molar-refractivity contribution < 1.29 is 10.2 Å². The second-order valence-corrected chi connectivity index (χ2v) is 3.78. The Hall–Kier alpha value is -2.56. The molecule has 0 saturated carbocycles. The maximum absolute atomic E-state index is 10.4. The molecule has 2 aromatic rings. The summed E-state index contributed by atoms with van der Waals surface area (Å²) in [5.74, 6) is 0.201. The predicted molar refractivity (Wildman–Crippen MR) is 69.0 cm³/mol. The molecule has 2 aromatic carbocycles. The lowest BCUT2D eigenvalue weighted by Crippen LogP contribution is -1.99. The van der Waals surface area contributed by atoms with E-state index < -0.39 is 0 Å². The maximum Gasteiger partial charge on any atom is 0.138 e. The molecule has 5 nitrogen and oxygen atoms in total. The summed E-state index contributed by atoms with van der Waals surface area (Å²) < 4.78 is 0. The highest BCUT2D eigenvalue weighted by molar-refractivity contribution is 5.56. The van der Waals surface area contributed by atoms with Gasteiger partial charge >= 0.3 is 0 Å². The van der Waals surface area contributed by atoms with Gasteiger partial charge in [0.1, 0.15) is 17.2 Å². The monoisotopic (exact) mass is 244 g/mol. The molecule has 0 bridgehead atoms. The van der Waals surface area contributed by atoms with E-state index in [0.717, 1.165) is 0 Å². The van der Waals surface area contributed by atoms with Gasteiger partial charge in [0.25, 0.3) is 0 Å². The second kappa shape index (κ2) is 5.18. The van der Waals surface area contributed by atoms with Crippen molar-refractivity contribution >= 4 is 11.4 Å². The van der Waals surface area contributed by atoms with E-state index in [1.54, 1.807) is 24.3 Å². The van der Waals surface area contributed by atoms with E-state index in [9.17, 15) is 15.1 Å². The Labute approximate surface area is 104 Å². The number of nitroso groups, excluding NO2 is 1. The number of phenolic OH excluding ortho intramolecular Hbond substituents is 2. The predicted octanol–water partition coefficient (Wildman–Crippen LogP) is 3.11. The van der Waals surface area contributed by atoms with E-state index in [4.69, 9.17) is 0 Å². The molecule has 0 atom stereocenters. The number of nitrogens with zero attached hydrogens (tertiary/aromatic N) is 1. The summed E-state index contributed by atoms with van der Waals surface area (Å²) in [6.45, 7) is 0.284. The first-order chi connectivity index (χ1) is 8.70. The van der Waals surface area contributed by atoms with Crippen molar-refractivity contribution in [2.45, 2.75) is 6.54 Å². The lowest BCUT2D eigenvalue weighted by molar-refractivity contribution is 0.468. The number of hydrogen-bond donors (Lipinski definition) is 3. The molecule has 0 aliphatic rings. The van der Waals surface area contributed by atoms with Crippen molar-refractivity contribution in [2.24, 2.45) is 5.18 Å². The maximum atomic E-state index is 10.4. The molecule has 0 saturated heterocycles. The summed E-state index contributed by atoms with van der Waals surface area (Å²) in [6.07, 6.45) is 0. The number of anilines is 1. The van der Waals surface area contributed by atoms with Crippen molar-refractivity contribution in [3.05, 3.63) is 52.9 Å². The van der Waals surface area contributed by atoms with Gasteiger partial charge in [-0.15, -0.1) is 4.91 Å². The van der Waals surface area contributed by atoms with E-state index in [0.29, 0.717) is 11.3 Å². The SMILES string of the molecule is O=Nc1ccc(O)c(CNc2ccccc2O)c1. The Morgan fingerprint density at radius 3 is 2.56 bits per heavy atom. The van der Waals surface area contributed by atoms with E-state index in [2.05, 4.69) is 10.5 Å². The molecule has 0 fully saturated rings. The fourth-order valence-electron chi connectivity index (χ4n) is 1.58. The minimum Gasteiger partial charge on any atom is -0.508 e. The number of hydrogen-bond acceptors (Lipinski definition) is 5. The van der Waals surface area contributed by atoms with Gasteiger partial charge in [0.05, 0.1) is 5.69 Å². The van der Waals surface area contributed by atoms with Gasteiger partial charge in [0, 0.05) is 12.1 Å². The summed E-state index contributed by atoms with van der Waals surface area (Å²) in [5, 5.41) is 25.0. The molecule has 2 rings (SSSR count). The quantitative estimate of drug-likeness (QED) is 0.570. The van der Waals surface area contributed by atoms with Gasteiger partial charge in [0.2, 0.25) is 0 Å². The molecule has 92 valence electrons. The van der Waals surface area contributed by atoms with E-state index in [1.165, 1.54) is 18.2 Å². The summed E-state index contributed by atoms with van der Waals surface area (Å²) in [5.41, 5.74) is 1.35. The van der Waals surface area contributed by atoms with Gasteiger partial charge in [-0.3, -0.25) is 0 Å². The first kappa shape index (κ1) is 11.9. The number of aromatic hydroxyl groups is 2. The second-order valence-electron chi connectivity index (χ2n) is 3.78. The molecule has 0 aliphatic heterocycles. The Kier molecular flexibility index (Phi) is 3.43. The van der Waals surface area contributed by atoms with Crippen molar-refractivity contribution in [3.63, 3.8) is 0 Å². The van der Waals surface area contributed by atoms with Crippen LogP contribution in [0, 0.1) is 4.91 Å². The van der Waals surface area contributed by atoms with Crippen LogP contribution in [0.2, 0.25) is 0 Å². The molecule has 0 radical (unpaired) electrons. The van der Waals surface area contributed by atoms with Crippen LogP contribution in [0.3, 0.4) is 0 Å². The average Bonchev–Trinajstić information content (AvgIpc) is 2.39. The van der Waals surface area contributed by atoms with Crippen molar-refractivity contribution in [2.75, 3.05) is 5.32 Å². The first-order valence-electron chi connectivity index (χ1n) is 5.38. The molecule has 0 unspecified atom stereocenters. The third-order valence-corrected chi connectivity index (χ3v) is 2.54. The number of para-hydroxylation sites is 2. The van der Waals surface area contributed by atoms with Crippen molar-refractivity contribution in [1.29, 1.82) is 0 Å². The minimum atomic E-state index is 0.0744. The van der Waals surface area contributed by atoms with Crippen molar-refractivity contribution in [1.82, 2.24) is 0 Å². The molecule has 0 amide bonds. The van der Waals surface area contributed by atoms with Crippen LogP contribution in [0.5, 0.6) is 11.5 Å². The summed E-state index contributed by atoms with van der Waals surface area (Å²) in [6, 6.07) is 11.1. The average molecular weight is 244 g/mol. The van der Waals surface area contributed by atoms with Crippen molar-refractivity contribution in [3.8, 4) is 11.5 Å². The van der Waals surface area contributed by atoms with Crippen LogP contribution in [0.1, 0.15) is 5.56 Å². The van der Waals surface area contributed by atoms with Gasteiger partial charge in [-0.25, -0.2) is 0 Å². The normalized spacial score (nSPS) is 10.0. The molecule has 18 heavy (non-hydrogen) atoms. The van der Waals surface area contributed by atoms with Crippen LogP contribution in [-0.2, 0) is 6.54 Å². The lowest BCUT2D eigenvalue weighted by atomic mass is 10.1. The summed E-state index contributed by atoms with van der Waals surface area (Å²) in [7, 11) is 0. The van der Waals surface area contributed by atoms with Gasteiger partial charge in [0.15, 0.2) is 0 Å². The topological polar surface area (TPSA) is 81.9 Å². The Balaban J connectivity index is 2.15. The Morgan fingerprint density at radius 1 is 1.06 bits per heavy atom. The summed E-state index contributed by atoms with van der Waals surface area (Å²) >= 11 is 0. The fourth-order valence-corrected chi connectivity index (χ4v) is 1.58. The molecule has 0 aliphatic carbocycles. The highest BCUT2D eigenvalue weighted by Gasteiger charge is 2.04. The first-order valence-corrected chi connectivity index (χ1v) is 5.38. The van der Waals surface area contributed by atoms with Crippen LogP contribution in [0.25, 0.3) is 0 Å². The van der Waals surface area contributed by atoms with Crippen LogP contribution in [0.15, 0.2) is 47.6 Å². The number of phenols is 2. The zero-order valence-electron chi connectivity index (χ0n) is 9.50. The fraction of sp³-hybridized carbons (Fsp3) is 0.0769. The van der Waals surface area contributed by atoms with E-state index >= 15 is 0 Å². The van der Waals surface area contributed by atoms with Crippen LogP contribution >= 0.6 is 0 Å². The number of nitrogens with one attached hydrogen (secondary N) is 1. The molecule has 0 heterocycles. The summed E-state index contributed by atoms with van der Waals surface area (Å²) in [4.78, 5) is 10.4. The minimum absolute atomic E-state index is 0.0744. The standard InChI is InChI=1S/C13H12N2O3/c16-12-6-5-10(15-18)7-9(12)8-14-11-3-1-2-4-13(11)17/h1-7,14,16-17H,8H2. The molecule has 5 heteroatoms. The third kappa shape index (κ3) is 2.57. The number of rotatable bonds is 4. The molecule has 0 aromatic heterocycles. The zero-order valence-corrected chi connectivity index (χ0v) is 9.50. The van der Waals surface area contributed by atoms with Crippen LogP contribution in [-0.4, -0.2) is 10.2 Å². The molecule has 3 N–H and O–H groups in total. The van der Waals surface area contributed by atoms with Crippen LogP contribution < -0.4 is 5.32 Å². The van der Waals surface area contributed by atoms with Crippen LogP contribution in [0.4, 0.5) is 11.4 Å². The van der Waals surface area contributed by atoms with Gasteiger partial charge < -0.3 is 15.5 Å². The van der Waals surface area contributed by atoms with E-state index in [1.807, 2.05) is 0 Å². The Bertz CT molecular complexity index is 570. The largest absolute Gasteiger partial charge is 0.508 e. The number of benzene rings is 2. The van der Waals surface area contributed by atoms with Gasteiger partial charge in [-0.1, -0.05) is 12.1 Å². The molecule has 0 spiro atoms. The Morgan fingerprint density at radius 2 is 1.83 bits per heavy atom. The third-order valence-electron chi connectivity index (χ3n) is 2.54. The molecular formula is C13H12N2O3. The lowest BCUT2D eigenvalue weighted by Gasteiger charge is -2.09. The molecular weight excluding hydrogens is 232 g/mol. The highest BCUT2D eigenvalue weighted by Crippen LogP contribution is 2.26. The van der Waals surface area contributed by atoms with Gasteiger partial charge in [-0.05, 0) is 35.5 Å². The highest BCUT2D eigenvalue weighted by atomic mass is 16.3.